The second kappa shape index (κ2) is 11.8. The molecule has 4 aromatic rings. The minimum atomic E-state index is -4.77. The maximum atomic E-state index is 13.8. The average Bonchev–Trinajstić information content (AvgIpc) is 3.64. The van der Waals surface area contributed by atoms with E-state index in [1.165, 1.54) is 18.3 Å². The molecule has 1 aromatic carbocycles. The van der Waals surface area contributed by atoms with E-state index in [-0.39, 0.29) is 52.0 Å². The largest absolute Gasteiger partial charge is 0.433 e. The van der Waals surface area contributed by atoms with Gasteiger partial charge in [-0.25, -0.2) is 4.98 Å². The Morgan fingerprint density at radius 2 is 2.00 bits per heavy atom. The van der Waals surface area contributed by atoms with Crippen molar-refractivity contribution >= 4 is 29.1 Å². The summed E-state index contributed by atoms with van der Waals surface area (Å²) in [5.41, 5.74) is 5.48. The zero-order valence-electron chi connectivity index (χ0n) is 22.3. The lowest BCUT2D eigenvalue weighted by Crippen LogP contribution is -2.53. The van der Waals surface area contributed by atoms with Crippen molar-refractivity contribution in [3.8, 4) is 22.6 Å². The van der Waals surface area contributed by atoms with Crippen LogP contribution in [0.4, 0.5) is 18.9 Å². The Kier molecular flexibility index (Phi) is 8.18. The Bertz CT molecular complexity index is 1600. The third-order valence-corrected chi connectivity index (χ3v) is 7.25. The summed E-state index contributed by atoms with van der Waals surface area (Å²) in [5, 5.41) is 12.0. The number of amides is 2. The zero-order chi connectivity index (χ0) is 30.0. The molecule has 2 amide bonds. The van der Waals surface area contributed by atoms with Crippen LogP contribution in [0.15, 0.2) is 42.7 Å². The minimum absolute atomic E-state index is 0.0361. The molecule has 0 radical (unpaired) electrons. The first-order valence-corrected chi connectivity index (χ1v) is 13.5. The number of anilines is 1. The number of halogens is 4. The number of piperazine rings is 1. The van der Waals surface area contributed by atoms with Gasteiger partial charge < -0.3 is 26.3 Å². The van der Waals surface area contributed by atoms with Crippen molar-refractivity contribution < 1.29 is 22.8 Å². The molecule has 1 aliphatic heterocycles. The van der Waals surface area contributed by atoms with Gasteiger partial charge in [0.2, 0.25) is 0 Å². The summed E-state index contributed by atoms with van der Waals surface area (Å²) in [6, 6.07) is 7.90. The number of rotatable bonds is 7. The highest BCUT2D eigenvalue weighted by Crippen LogP contribution is 2.40. The van der Waals surface area contributed by atoms with Gasteiger partial charge >= 0.3 is 6.18 Å². The molecule has 0 unspecified atom stereocenters. The molecule has 1 atom stereocenters. The third kappa shape index (κ3) is 5.94. The Balaban J connectivity index is 1.31. The third-order valence-electron chi connectivity index (χ3n) is 6.94. The minimum Gasteiger partial charge on any atom is -0.397 e. The van der Waals surface area contributed by atoms with Gasteiger partial charge in [-0.3, -0.25) is 19.7 Å². The Morgan fingerprint density at radius 3 is 2.69 bits per heavy atom. The fraction of sp³-hybridized carbons (Fsp3) is 0.296. The van der Waals surface area contributed by atoms with Crippen LogP contribution in [0.1, 0.15) is 45.6 Å². The normalized spacial score (nSPS) is 15.5. The van der Waals surface area contributed by atoms with Gasteiger partial charge in [0.1, 0.15) is 11.4 Å². The molecule has 0 saturated carbocycles. The number of nitrogen functional groups attached to an aromatic ring is 1. The van der Waals surface area contributed by atoms with Crippen molar-refractivity contribution in [3.63, 3.8) is 0 Å². The molecule has 0 aliphatic carbocycles. The average molecular weight is 602 g/mol. The molecule has 1 fully saturated rings. The Hall–Kier alpha value is -4.43. The van der Waals surface area contributed by atoms with E-state index in [0.717, 1.165) is 19.2 Å². The monoisotopic (exact) mass is 601 g/mol. The number of H-pyrrole nitrogens is 2. The molecule has 1 saturated heterocycles. The van der Waals surface area contributed by atoms with Crippen LogP contribution in [0.5, 0.6) is 0 Å². The van der Waals surface area contributed by atoms with Crippen LogP contribution in [0.3, 0.4) is 0 Å². The molecule has 5 rings (SSSR count). The summed E-state index contributed by atoms with van der Waals surface area (Å²) in [7, 11) is 0. The number of carbonyl (C=O) groups is 2. The van der Waals surface area contributed by atoms with Crippen molar-refractivity contribution in [1.29, 1.82) is 0 Å². The first-order chi connectivity index (χ1) is 20.1. The fourth-order valence-electron chi connectivity index (χ4n) is 4.76. The molecule has 11 nitrogen and oxygen atoms in total. The maximum absolute atomic E-state index is 13.8. The van der Waals surface area contributed by atoms with E-state index in [1.54, 1.807) is 18.2 Å². The van der Waals surface area contributed by atoms with E-state index < -0.39 is 17.8 Å². The highest BCUT2D eigenvalue weighted by atomic mass is 35.5. The van der Waals surface area contributed by atoms with Gasteiger partial charge in [0.15, 0.2) is 5.82 Å². The molecule has 1 aliphatic rings. The van der Waals surface area contributed by atoms with Crippen LogP contribution in [0.25, 0.3) is 22.6 Å². The number of nitrogens with one attached hydrogen (secondary N) is 4. The molecule has 0 spiro atoms. The summed E-state index contributed by atoms with van der Waals surface area (Å²) in [6.45, 7) is 4.06. The summed E-state index contributed by atoms with van der Waals surface area (Å²) < 4.78 is 41.4. The van der Waals surface area contributed by atoms with Crippen molar-refractivity contribution in [3.05, 3.63) is 70.4 Å². The number of aromatic amines is 2. The van der Waals surface area contributed by atoms with Crippen molar-refractivity contribution in [1.82, 2.24) is 40.7 Å². The number of hydrogen-bond acceptors (Lipinski definition) is 7. The highest BCUT2D eigenvalue weighted by Gasteiger charge is 2.39. The molecule has 4 heterocycles. The van der Waals surface area contributed by atoms with Gasteiger partial charge in [-0.1, -0.05) is 24.6 Å². The lowest BCUT2D eigenvalue weighted by atomic mass is 10.1. The van der Waals surface area contributed by atoms with Gasteiger partial charge in [0, 0.05) is 32.2 Å². The standard InChI is InChI=1S/C27H27ClF3N9O2/c1-2-16-12-33-7-8-40(16)26(42)17-5-3-14(9-18(17)28)10-36-25(41)24-35-13-20(37-24)21-22(19-6-4-15(32)11-34-19)38-39-23(21)27(29,30)31/h3-6,9,11,13,16,33H,2,7-8,10,12,32H2,1H3,(H,35,37)(H,36,41)(H,38,39)/t16-/m0/s1. The molecule has 220 valence electrons. The van der Waals surface area contributed by atoms with Gasteiger partial charge in [0.25, 0.3) is 11.8 Å². The van der Waals surface area contributed by atoms with Crippen molar-refractivity contribution in [2.45, 2.75) is 32.1 Å². The lowest BCUT2D eigenvalue weighted by molar-refractivity contribution is -0.140. The van der Waals surface area contributed by atoms with E-state index in [4.69, 9.17) is 17.3 Å². The lowest BCUT2D eigenvalue weighted by Gasteiger charge is -2.36. The maximum Gasteiger partial charge on any atom is 0.433 e. The number of benzene rings is 1. The van der Waals surface area contributed by atoms with Crippen LogP contribution in [0.2, 0.25) is 5.02 Å². The Labute approximate surface area is 243 Å². The quantitative estimate of drug-likeness (QED) is 0.215. The van der Waals surface area contributed by atoms with Crippen LogP contribution in [-0.2, 0) is 12.7 Å². The van der Waals surface area contributed by atoms with E-state index in [0.29, 0.717) is 29.9 Å². The molecule has 3 aromatic heterocycles. The zero-order valence-corrected chi connectivity index (χ0v) is 23.1. The summed E-state index contributed by atoms with van der Waals surface area (Å²) in [4.78, 5) is 38.5. The molecule has 42 heavy (non-hydrogen) atoms. The molecule has 6 N–H and O–H groups in total. The van der Waals surface area contributed by atoms with Crippen LogP contribution >= 0.6 is 11.6 Å². The molecular weight excluding hydrogens is 575 g/mol. The SMILES string of the molecule is CC[C@H]1CNCCN1C(=O)c1ccc(CNC(=O)c2ncc(-c3c(-c4ccc(N)cn4)n[nH]c3C(F)(F)F)[nH]2)cc1Cl. The van der Waals surface area contributed by atoms with Gasteiger partial charge in [-0.05, 0) is 36.2 Å². The first kappa shape index (κ1) is 29.1. The van der Waals surface area contributed by atoms with Gasteiger partial charge in [-0.15, -0.1) is 0 Å². The van der Waals surface area contributed by atoms with Crippen molar-refractivity contribution in [2.24, 2.45) is 0 Å². The number of aromatic nitrogens is 5. The number of carbonyl (C=O) groups excluding carboxylic acids is 2. The number of nitrogens with two attached hydrogens (primary N) is 1. The van der Waals surface area contributed by atoms with Gasteiger partial charge in [0.05, 0.1) is 45.6 Å². The van der Waals surface area contributed by atoms with Crippen molar-refractivity contribution in [2.75, 3.05) is 25.4 Å². The highest BCUT2D eigenvalue weighted by molar-refractivity contribution is 6.33. The number of hydrogen-bond donors (Lipinski definition) is 5. The van der Waals surface area contributed by atoms with Crippen LogP contribution < -0.4 is 16.4 Å². The second-order valence-electron chi connectivity index (χ2n) is 9.70. The topological polar surface area (TPSA) is 158 Å². The van der Waals surface area contributed by atoms with E-state index in [2.05, 4.69) is 30.7 Å². The summed E-state index contributed by atoms with van der Waals surface area (Å²) in [5.74, 6) is -1.02. The van der Waals surface area contributed by atoms with E-state index in [9.17, 15) is 22.8 Å². The predicted octanol–water partition coefficient (Wildman–Crippen LogP) is 3.87. The first-order valence-electron chi connectivity index (χ1n) is 13.1. The number of alkyl halides is 3. The fourth-order valence-corrected chi connectivity index (χ4v) is 5.04. The van der Waals surface area contributed by atoms with E-state index >= 15 is 0 Å². The number of imidazole rings is 1. The molecular formula is C27H27ClF3N9O2. The van der Waals surface area contributed by atoms with E-state index in [1.807, 2.05) is 16.9 Å². The summed E-state index contributed by atoms with van der Waals surface area (Å²) >= 11 is 6.45. The molecule has 15 heteroatoms. The molecule has 0 bridgehead atoms. The van der Waals surface area contributed by atoms with Gasteiger partial charge in [-0.2, -0.15) is 18.3 Å². The second-order valence-corrected chi connectivity index (χ2v) is 10.1. The number of pyridine rings is 1. The predicted molar refractivity (Wildman–Crippen MR) is 149 cm³/mol. The van der Waals surface area contributed by atoms with Crippen LogP contribution in [-0.4, -0.2) is 67.5 Å². The Morgan fingerprint density at radius 1 is 1.19 bits per heavy atom. The number of nitrogens with zero attached hydrogens (tertiary/aromatic N) is 4. The smallest absolute Gasteiger partial charge is 0.397 e. The van der Waals surface area contributed by atoms with Crippen LogP contribution in [0, 0.1) is 0 Å². The summed E-state index contributed by atoms with van der Waals surface area (Å²) in [6.07, 6.45) is -1.54.